The molecule has 5 heteroatoms. The van der Waals surface area contributed by atoms with Gasteiger partial charge in [-0.25, -0.2) is 0 Å². The van der Waals surface area contributed by atoms with Gasteiger partial charge in [0.05, 0.1) is 12.6 Å². The van der Waals surface area contributed by atoms with Gasteiger partial charge in [0, 0.05) is 36.4 Å². The lowest BCUT2D eigenvalue weighted by Crippen LogP contribution is -2.41. The fraction of sp³-hybridized carbons (Fsp3) is 0.600. The molecule has 110 valence electrons. The first-order valence-electron chi connectivity index (χ1n) is 7.04. The second kappa shape index (κ2) is 7.64. The molecule has 2 rings (SSSR count). The molecule has 1 saturated heterocycles. The summed E-state index contributed by atoms with van der Waals surface area (Å²) in [5.41, 5.74) is 0.911. The van der Waals surface area contributed by atoms with Crippen LogP contribution in [-0.2, 0) is 9.53 Å². The smallest absolute Gasteiger partial charge is 0.230 e. The van der Waals surface area contributed by atoms with Crippen LogP contribution in [-0.4, -0.2) is 42.2 Å². The van der Waals surface area contributed by atoms with Gasteiger partial charge in [-0.05, 0) is 31.2 Å². The van der Waals surface area contributed by atoms with Crippen molar-refractivity contribution in [1.29, 1.82) is 0 Å². The summed E-state index contributed by atoms with van der Waals surface area (Å²) >= 11 is 1.70. The second-order valence-corrected chi connectivity index (χ2v) is 6.06. The van der Waals surface area contributed by atoms with Crippen LogP contribution >= 0.6 is 11.8 Å². The van der Waals surface area contributed by atoms with E-state index in [1.165, 1.54) is 0 Å². The van der Waals surface area contributed by atoms with E-state index in [0.717, 1.165) is 30.9 Å². The average molecular weight is 294 g/mol. The first kappa shape index (κ1) is 15.3. The Morgan fingerprint density at radius 2 is 2.30 bits per heavy atom. The van der Waals surface area contributed by atoms with Gasteiger partial charge in [0.2, 0.25) is 5.91 Å². The van der Waals surface area contributed by atoms with E-state index in [0.29, 0.717) is 6.54 Å². The fourth-order valence-corrected chi connectivity index (χ4v) is 3.07. The van der Waals surface area contributed by atoms with Crippen LogP contribution in [0.1, 0.15) is 19.8 Å². The number of hydrogen-bond donors (Lipinski definition) is 0. The normalized spacial score (nSPS) is 19.8. The van der Waals surface area contributed by atoms with Gasteiger partial charge in [0.25, 0.3) is 0 Å². The Bertz CT molecular complexity index is 421. The highest BCUT2D eigenvalue weighted by molar-refractivity contribution is 7.98. The van der Waals surface area contributed by atoms with E-state index in [1.807, 2.05) is 30.2 Å². The Kier molecular flexibility index (Phi) is 5.86. The van der Waals surface area contributed by atoms with E-state index >= 15 is 0 Å². The maximum Gasteiger partial charge on any atom is 0.230 e. The summed E-state index contributed by atoms with van der Waals surface area (Å²) < 4.78 is 5.68. The van der Waals surface area contributed by atoms with Gasteiger partial charge in [0.15, 0.2) is 0 Å². The number of thioether (sulfide) groups is 1. The number of pyridine rings is 1. The van der Waals surface area contributed by atoms with Crippen molar-refractivity contribution >= 4 is 23.4 Å². The number of rotatable bonds is 6. The molecule has 1 fully saturated rings. The summed E-state index contributed by atoms with van der Waals surface area (Å²) in [7, 11) is 0. The van der Waals surface area contributed by atoms with Gasteiger partial charge in [0.1, 0.15) is 0 Å². The molecule has 0 aromatic carbocycles. The fourth-order valence-electron chi connectivity index (χ4n) is 2.43. The minimum atomic E-state index is 0.0135. The van der Waals surface area contributed by atoms with E-state index in [1.54, 1.807) is 24.2 Å². The highest BCUT2D eigenvalue weighted by atomic mass is 32.2. The summed E-state index contributed by atoms with van der Waals surface area (Å²) in [6.07, 6.45) is 7.76. The number of nitrogens with zero attached hydrogens (tertiary/aromatic N) is 2. The molecule has 20 heavy (non-hydrogen) atoms. The van der Waals surface area contributed by atoms with Gasteiger partial charge < -0.3 is 9.64 Å². The number of carbonyl (C=O) groups is 1. The molecule has 0 aliphatic carbocycles. The molecule has 1 aliphatic heterocycles. The molecular weight excluding hydrogens is 272 g/mol. The number of amides is 1. The molecular formula is C15H22N2O2S. The van der Waals surface area contributed by atoms with Crippen molar-refractivity contribution in [3.63, 3.8) is 0 Å². The Morgan fingerprint density at radius 1 is 1.55 bits per heavy atom. The molecule has 0 radical (unpaired) electrons. The predicted octanol–water partition coefficient (Wildman–Crippen LogP) is 2.59. The maximum atomic E-state index is 12.7. The molecule has 4 nitrogen and oxygen atoms in total. The third-order valence-electron chi connectivity index (χ3n) is 3.49. The van der Waals surface area contributed by atoms with E-state index in [-0.39, 0.29) is 17.9 Å². The van der Waals surface area contributed by atoms with Crippen LogP contribution < -0.4 is 4.90 Å². The van der Waals surface area contributed by atoms with Crippen molar-refractivity contribution in [2.45, 2.75) is 25.9 Å². The quantitative estimate of drug-likeness (QED) is 0.809. The maximum absolute atomic E-state index is 12.7. The van der Waals surface area contributed by atoms with E-state index in [9.17, 15) is 4.79 Å². The van der Waals surface area contributed by atoms with E-state index < -0.39 is 0 Å². The molecule has 0 spiro atoms. The van der Waals surface area contributed by atoms with Crippen LogP contribution in [0.2, 0.25) is 0 Å². The zero-order valence-electron chi connectivity index (χ0n) is 12.1. The molecule has 2 atom stereocenters. The molecule has 1 aromatic rings. The molecule has 1 amide bonds. The minimum absolute atomic E-state index is 0.0135. The number of anilines is 1. The number of ether oxygens (including phenoxy) is 1. The van der Waals surface area contributed by atoms with Crippen LogP contribution in [0.15, 0.2) is 24.5 Å². The molecule has 1 aromatic heterocycles. The Morgan fingerprint density at radius 3 is 2.90 bits per heavy atom. The van der Waals surface area contributed by atoms with Crippen molar-refractivity contribution in [3.8, 4) is 0 Å². The molecule has 0 saturated carbocycles. The molecule has 2 unspecified atom stereocenters. The van der Waals surface area contributed by atoms with Crippen LogP contribution in [0.3, 0.4) is 0 Å². The topological polar surface area (TPSA) is 42.4 Å². The predicted molar refractivity (Wildman–Crippen MR) is 83.1 cm³/mol. The Hall–Kier alpha value is -1.07. The highest BCUT2D eigenvalue weighted by Crippen LogP contribution is 2.21. The summed E-state index contributed by atoms with van der Waals surface area (Å²) in [6, 6.07) is 3.78. The van der Waals surface area contributed by atoms with Gasteiger partial charge in [-0.1, -0.05) is 6.92 Å². The molecule has 0 N–H and O–H groups in total. The third-order valence-corrected chi connectivity index (χ3v) is 4.32. The van der Waals surface area contributed by atoms with Crippen LogP contribution in [0.4, 0.5) is 5.69 Å². The third kappa shape index (κ3) is 3.96. The van der Waals surface area contributed by atoms with Crippen molar-refractivity contribution in [3.05, 3.63) is 24.5 Å². The average Bonchev–Trinajstić information content (AvgIpc) is 2.98. The van der Waals surface area contributed by atoms with Gasteiger partial charge >= 0.3 is 0 Å². The first-order chi connectivity index (χ1) is 9.72. The molecule has 2 heterocycles. The van der Waals surface area contributed by atoms with Crippen LogP contribution in [0.25, 0.3) is 0 Å². The lowest BCUT2D eigenvalue weighted by Gasteiger charge is -2.28. The summed E-state index contributed by atoms with van der Waals surface area (Å²) in [4.78, 5) is 18.5. The largest absolute Gasteiger partial charge is 0.376 e. The SMILES string of the molecule is CSCC(C)C(=O)N(CC1CCCO1)c1ccncc1. The van der Waals surface area contributed by atoms with Crippen molar-refractivity contribution < 1.29 is 9.53 Å². The van der Waals surface area contributed by atoms with Gasteiger partial charge in [-0.15, -0.1) is 0 Å². The Balaban J connectivity index is 2.12. The van der Waals surface area contributed by atoms with E-state index in [2.05, 4.69) is 4.98 Å². The van der Waals surface area contributed by atoms with Gasteiger partial charge in [-0.2, -0.15) is 11.8 Å². The summed E-state index contributed by atoms with van der Waals surface area (Å²) in [5.74, 6) is 1.02. The second-order valence-electron chi connectivity index (χ2n) is 5.15. The lowest BCUT2D eigenvalue weighted by molar-refractivity contribution is -0.121. The molecule has 0 bridgehead atoms. The Labute approximate surface area is 124 Å². The van der Waals surface area contributed by atoms with Crippen LogP contribution in [0, 0.1) is 5.92 Å². The lowest BCUT2D eigenvalue weighted by atomic mass is 10.1. The number of hydrogen-bond acceptors (Lipinski definition) is 4. The van der Waals surface area contributed by atoms with Crippen molar-refractivity contribution in [2.24, 2.45) is 5.92 Å². The van der Waals surface area contributed by atoms with Crippen LogP contribution in [0.5, 0.6) is 0 Å². The molecule has 1 aliphatic rings. The first-order valence-corrected chi connectivity index (χ1v) is 8.43. The van der Waals surface area contributed by atoms with E-state index in [4.69, 9.17) is 4.74 Å². The van der Waals surface area contributed by atoms with Crippen molar-refractivity contribution in [1.82, 2.24) is 4.98 Å². The zero-order chi connectivity index (χ0) is 14.4. The number of carbonyl (C=O) groups excluding carboxylic acids is 1. The zero-order valence-corrected chi connectivity index (χ0v) is 12.9. The summed E-state index contributed by atoms with van der Waals surface area (Å²) in [6.45, 7) is 3.44. The standard InChI is InChI=1S/C15H22N2O2S/c1-12(11-20-2)15(18)17(10-14-4-3-9-19-14)13-5-7-16-8-6-13/h5-8,12,14H,3-4,9-11H2,1-2H3. The van der Waals surface area contributed by atoms with Crippen molar-refractivity contribution in [2.75, 3.05) is 30.1 Å². The van der Waals surface area contributed by atoms with Gasteiger partial charge in [-0.3, -0.25) is 9.78 Å². The summed E-state index contributed by atoms with van der Waals surface area (Å²) in [5, 5.41) is 0. The highest BCUT2D eigenvalue weighted by Gasteiger charge is 2.26. The monoisotopic (exact) mass is 294 g/mol. The minimum Gasteiger partial charge on any atom is -0.376 e. The number of aromatic nitrogens is 1.